The van der Waals surface area contributed by atoms with E-state index in [9.17, 15) is 9.18 Å². The summed E-state index contributed by atoms with van der Waals surface area (Å²) in [5.41, 5.74) is 4.54. The van der Waals surface area contributed by atoms with E-state index in [-0.39, 0.29) is 11.6 Å². The van der Waals surface area contributed by atoms with Gasteiger partial charge in [0, 0.05) is 34.8 Å². The van der Waals surface area contributed by atoms with Gasteiger partial charge in [-0.15, -0.1) is 0 Å². The van der Waals surface area contributed by atoms with Crippen molar-refractivity contribution in [3.8, 4) is 5.69 Å². The number of ketones is 1. The van der Waals surface area contributed by atoms with E-state index in [1.165, 1.54) is 12.1 Å². The second-order valence-electron chi connectivity index (χ2n) is 6.07. The van der Waals surface area contributed by atoms with Crippen LogP contribution in [-0.4, -0.2) is 10.4 Å². The van der Waals surface area contributed by atoms with Crippen LogP contribution in [0.2, 0.25) is 0 Å². The van der Waals surface area contributed by atoms with Gasteiger partial charge >= 0.3 is 0 Å². The lowest BCUT2D eigenvalue weighted by Crippen LogP contribution is -2.37. The molecule has 0 N–H and O–H groups in total. The molecule has 0 atom stereocenters. The van der Waals surface area contributed by atoms with Crippen molar-refractivity contribution in [2.75, 3.05) is 0 Å². The molecule has 0 saturated heterocycles. The van der Waals surface area contributed by atoms with Gasteiger partial charge in [-0.1, -0.05) is 0 Å². The Morgan fingerprint density at radius 1 is 1.04 bits per heavy atom. The average Bonchev–Trinajstić information content (AvgIpc) is 2.85. The van der Waals surface area contributed by atoms with E-state index in [0.717, 1.165) is 22.6 Å². The van der Waals surface area contributed by atoms with Gasteiger partial charge in [-0.2, -0.15) is 4.57 Å². The van der Waals surface area contributed by atoms with Crippen molar-refractivity contribution >= 4 is 5.78 Å². The molecule has 0 unspecified atom stereocenters. The lowest BCUT2D eigenvalue weighted by molar-refractivity contribution is -0.683. The Hall–Kier alpha value is -2.75. The molecule has 0 saturated carbocycles. The molecule has 0 aliphatic carbocycles. The maximum Gasteiger partial charge on any atom is 0.229 e. The van der Waals surface area contributed by atoms with Crippen LogP contribution >= 0.6 is 0 Å². The van der Waals surface area contributed by atoms with Gasteiger partial charge in [-0.3, -0.25) is 4.79 Å². The van der Waals surface area contributed by atoms with Crippen LogP contribution in [0.5, 0.6) is 0 Å². The molecule has 3 nitrogen and oxygen atoms in total. The molecule has 0 bridgehead atoms. The molecular formula is C20H20FN2O+. The van der Waals surface area contributed by atoms with Crippen molar-refractivity contribution in [2.45, 2.75) is 27.3 Å². The monoisotopic (exact) mass is 323 g/mol. The SMILES string of the molecule is Cc1cc[n+](CC(=O)c2cc(C)n(-c3ccc(F)cc3)c2C)cc1. The maximum atomic E-state index is 13.1. The van der Waals surface area contributed by atoms with Crippen LogP contribution < -0.4 is 4.57 Å². The molecule has 3 rings (SSSR count). The Labute approximate surface area is 141 Å². The fourth-order valence-electron chi connectivity index (χ4n) is 2.92. The highest BCUT2D eigenvalue weighted by Gasteiger charge is 2.19. The molecule has 3 aromatic rings. The second kappa shape index (κ2) is 6.40. The summed E-state index contributed by atoms with van der Waals surface area (Å²) in [7, 11) is 0. The van der Waals surface area contributed by atoms with E-state index in [0.29, 0.717) is 12.1 Å². The third kappa shape index (κ3) is 3.13. The summed E-state index contributed by atoms with van der Waals surface area (Å²) in [5.74, 6) is -0.210. The number of benzene rings is 1. The third-order valence-electron chi connectivity index (χ3n) is 4.20. The highest BCUT2D eigenvalue weighted by atomic mass is 19.1. The number of pyridine rings is 1. The topological polar surface area (TPSA) is 25.9 Å². The minimum atomic E-state index is -0.270. The summed E-state index contributed by atoms with van der Waals surface area (Å²) in [5, 5.41) is 0. The number of nitrogens with zero attached hydrogens (tertiary/aromatic N) is 2. The van der Waals surface area contributed by atoms with Crippen LogP contribution in [-0.2, 0) is 6.54 Å². The van der Waals surface area contributed by atoms with Gasteiger partial charge in [-0.25, -0.2) is 4.39 Å². The van der Waals surface area contributed by atoms with E-state index in [4.69, 9.17) is 0 Å². The van der Waals surface area contributed by atoms with E-state index in [1.807, 2.05) is 60.5 Å². The zero-order valence-electron chi connectivity index (χ0n) is 14.1. The standard InChI is InChI=1S/C20H20FN2O/c1-14-8-10-22(11-9-14)13-20(24)19-12-15(2)23(16(19)3)18-6-4-17(21)5-7-18/h4-12H,13H2,1-3H3/q+1. The molecule has 1 aromatic carbocycles. The van der Waals surface area contributed by atoms with Crippen LogP contribution in [0.3, 0.4) is 0 Å². The Balaban J connectivity index is 1.92. The van der Waals surface area contributed by atoms with Crippen LogP contribution in [0.1, 0.15) is 27.3 Å². The van der Waals surface area contributed by atoms with E-state index in [1.54, 1.807) is 12.1 Å². The molecule has 0 radical (unpaired) electrons. The first kappa shape index (κ1) is 16.1. The minimum Gasteiger partial charge on any atom is -0.318 e. The summed E-state index contributed by atoms with van der Waals surface area (Å²) >= 11 is 0. The Kier molecular flexibility index (Phi) is 4.30. The van der Waals surface area contributed by atoms with E-state index in [2.05, 4.69) is 0 Å². The number of carbonyl (C=O) groups is 1. The molecule has 0 aliphatic heterocycles. The zero-order chi connectivity index (χ0) is 17.3. The average molecular weight is 323 g/mol. The Morgan fingerprint density at radius 2 is 1.67 bits per heavy atom. The number of rotatable bonds is 4. The van der Waals surface area contributed by atoms with E-state index >= 15 is 0 Å². The molecule has 0 fully saturated rings. The molecule has 4 heteroatoms. The predicted octanol–water partition coefficient (Wildman–Crippen LogP) is 3.71. The first-order valence-corrected chi connectivity index (χ1v) is 7.89. The number of aromatic nitrogens is 2. The van der Waals surface area contributed by atoms with Crippen molar-refractivity contribution in [2.24, 2.45) is 0 Å². The highest BCUT2D eigenvalue weighted by Crippen LogP contribution is 2.21. The fourth-order valence-corrected chi connectivity index (χ4v) is 2.92. The summed E-state index contributed by atoms with van der Waals surface area (Å²) in [6.07, 6.45) is 3.82. The quantitative estimate of drug-likeness (QED) is 0.531. The van der Waals surface area contributed by atoms with Crippen molar-refractivity contribution in [3.63, 3.8) is 0 Å². The highest BCUT2D eigenvalue weighted by molar-refractivity contribution is 5.96. The van der Waals surface area contributed by atoms with Gasteiger partial charge in [0.25, 0.3) is 0 Å². The molecule has 2 heterocycles. The predicted molar refractivity (Wildman–Crippen MR) is 90.9 cm³/mol. The lowest BCUT2D eigenvalue weighted by Gasteiger charge is -2.09. The number of carbonyl (C=O) groups excluding carboxylic acids is 1. The zero-order valence-corrected chi connectivity index (χ0v) is 14.1. The van der Waals surface area contributed by atoms with Gasteiger partial charge in [0.05, 0.1) is 0 Å². The largest absolute Gasteiger partial charge is 0.318 e. The summed E-state index contributed by atoms with van der Waals surface area (Å²) in [6, 6.07) is 12.2. The Bertz CT molecular complexity index is 877. The van der Waals surface area contributed by atoms with Crippen molar-refractivity contribution < 1.29 is 13.8 Å². The smallest absolute Gasteiger partial charge is 0.229 e. The molecule has 24 heavy (non-hydrogen) atoms. The minimum absolute atomic E-state index is 0.0605. The molecule has 122 valence electrons. The van der Waals surface area contributed by atoms with Gasteiger partial charge in [0.1, 0.15) is 5.82 Å². The van der Waals surface area contributed by atoms with Gasteiger partial charge < -0.3 is 4.57 Å². The summed E-state index contributed by atoms with van der Waals surface area (Å²) < 4.78 is 17.0. The van der Waals surface area contributed by atoms with Crippen LogP contribution in [0, 0.1) is 26.6 Å². The fraction of sp³-hybridized carbons (Fsp3) is 0.200. The second-order valence-corrected chi connectivity index (χ2v) is 6.07. The first-order chi connectivity index (χ1) is 11.5. The van der Waals surface area contributed by atoms with Gasteiger partial charge in [0.15, 0.2) is 12.4 Å². The number of halogens is 1. The van der Waals surface area contributed by atoms with Crippen molar-refractivity contribution in [3.05, 3.63) is 83.2 Å². The molecule has 0 spiro atoms. The molecule has 0 amide bonds. The lowest BCUT2D eigenvalue weighted by atomic mass is 10.1. The van der Waals surface area contributed by atoms with Gasteiger partial charge in [0.2, 0.25) is 12.3 Å². The third-order valence-corrected chi connectivity index (χ3v) is 4.20. The number of Topliss-reactive ketones (excluding diaryl/α,β-unsaturated/α-hetero) is 1. The molecule has 2 aromatic heterocycles. The van der Waals surface area contributed by atoms with Crippen molar-refractivity contribution in [1.29, 1.82) is 0 Å². The number of hydrogen-bond donors (Lipinski definition) is 0. The summed E-state index contributed by atoms with van der Waals surface area (Å²) in [6.45, 7) is 6.19. The molecular weight excluding hydrogens is 303 g/mol. The van der Waals surface area contributed by atoms with E-state index < -0.39 is 0 Å². The number of aryl methyl sites for hydroxylation is 2. The molecule has 0 aliphatic rings. The maximum absolute atomic E-state index is 13.1. The van der Waals surface area contributed by atoms with Crippen LogP contribution in [0.15, 0.2) is 54.9 Å². The normalized spacial score (nSPS) is 10.8. The first-order valence-electron chi connectivity index (χ1n) is 7.89. The van der Waals surface area contributed by atoms with Gasteiger partial charge in [-0.05, 0) is 56.7 Å². The summed E-state index contributed by atoms with van der Waals surface area (Å²) in [4.78, 5) is 12.7. The van der Waals surface area contributed by atoms with Crippen LogP contribution in [0.4, 0.5) is 4.39 Å². The Morgan fingerprint density at radius 3 is 2.29 bits per heavy atom. The van der Waals surface area contributed by atoms with Crippen molar-refractivity contribution in [1.82, 2.24) is 4.57 Å². The number of hydrogen-bond acceptors (Lipinski definition) is 1. The van der Waals surface area contributed by atoms with Crippen LogP contribution in [0.25, 0.3) is 5.69 Å².